The van der Waals surface area contributed by atoms with Gasteiger partial charge in [0.05, 0.1) is 18.9 Å². The molecule has 0 spiro atoms. The van der Waals surface area contributed by atoms with E-state index in [4.69, 9.17) is 19.7 Å². The van der Waals surface area contributed by atoms with Gasteiger partial charge in [-0.25, -0.2) is 4.79 Å². The Bertz CT molecular complexity index is 696. The molecular weight excluding hydrogens is 292 g/mol. The maximum atomic E-state index is 12.0. The van der Waals surface area contributed by atoms with Crippen molar-refractivity contribution in [2.75, 3.05) is 7.11 Å². The average Bonchev–Trinajstić information content (AvgIpc) is 2.98. The van der Waals surface area contributed by atoms with Crippen molar-refractivity contribution in [2.45, 2.75) is 0 Å². The van der Waals surface area contributed by atoms with Crippen molar-refractivity contribution >= 4 is 17.5 Å². The van der Waals surface area contributed by atoms with Gasteiger partial charge in [-0.05, 0) is 6.07 Å². The largest absolute Gasteiger partial charge is 0.504 e. The number of nitrogens with one attached hydrogen (secondary N) is 1. The van der Waals surface area contributed by atoms with Crippen molar-refractivity contribution in [3.8, 4) is 11.8 Å². The number of nitrogens with zero attached hydrogens (tertiary/aromatic N) is 2. The fourth-order valence-electron chi connectivity index (χ4n) is 1.62. The molecule has 1 aromatic carbocycles. The number of aromatic nitrogens is 2. The van der Waals surface area contributed by atoms with Crippen molar-refractivity contribution in [1.29, 1.82) is 0 Å². The number of carbonyl (C=O) groups is 2. The number of hydrogen-bond acceptors (Lipinski definition) is 7. The van der Waals surface area contributed by atoms with Gasteiger partial charge >= 0.3 is 12.1 Å². The van der Waals surface area contributed by atoms with E-state index in [0.717, 1.165) is 6.26 Å². The van der Waals surface area contributed by atoms with Crippen molar-refractivity contribution in [3.63, 3.8) is 0 Å². The van der Waals surface area contributed by atoms with Gasteiger partial charge in [-0.3, -0.25) is 14.6 Å². The van der Waals surface area contributed by atoms with E-state index in [0.29, 0.717) is 5.56 Å². The second kappa shape index (κ2) is 6.88. The van der Waals surface area contributed by atoms with E-state index < -0.39 is 11.9 Å². The highest BCUT2D eigenvalue weighted by atomic mass is 16.6. The molecule has 3 amide bonds. The molecule has 0 aliphatic carbocycles. The van der Waals surface area contributed by atoms with Crippen LogP contribution in [0.25, 0.3) is 5.57 Å². The van der Waals surface area contributed by atoms with E-state index in [-0.39, 0.29) is 17.4 Å². The maximum Gasteiger partial charge on any atom is 0.422 e. The Morgan fingerprint density at radius 2 is 2.14 bits per heavy atom. The number of primary amides is 1. The standard InChI is InChI=1S/C13H12N4O5/c1-20-6-9(11(18)17-12(14)19)8-4-2-3-5-10(8)21-13-15-7-16-22-13/h2-7H,1H3,(H3,14,17,18,19)/b9-6+. The first-order valence-corrected chi connectivity index (χ1v) is 5.99. The Balaban J connectivity index is 2.37. The van der Waals surface area contributed by atoms with Crippen LogP contribution in [0, 0.1) is 0 Å². The smallest absolute Gasteiger partial charge is 0.422 e. The molecule has 0 fully saturated rings. The van der Waals surface area contributed by atoms with E-state index in [9.17, 15) is 9.59 Å². The van der Waals surface area contributed by atoms with Crippen LogP contribution in [-0.2, 0) is 9.53 Å². The number of hydrogen-bond donors (Lipinski definition) is 2. The first-order chi connectivity index (χ1) is 10.6. The number of nitrogens with two attached hydrogens (primary N) is 1. The summed E-state index contributed by atoms with van der Waals surface area (Å²) in [5, 5.41) is 5.37. The quantitative estimate of drug-likeness (QED) is 0.623. The summed E-state index contributed by atoms with van der Waals surface area (Å²) >= 11 is 0. The highest BCUT2D eigenvalue weighted by Crippen LogP contribution is 2.29. The van der Waals surface area contributed by atoms with Crippen LogP contribution in [-0.4, -0.2) is 29.2 Å². The number of amides is 3. The van der Waals surface area contributed by atoms with Crippen molar-refractivity contribution in [3.05, 3.63) is 42.4 Å². The van der Waals surface area contributed by atoms with Crippen LogP contribution in [0.5, 0.6) is 11.8 Å². The van der Waals surface area contributed by atoms with E-state index in [1.807, 2.05) is 5.32 Å². The number of carbonyl (C=O) groups excluding carboxylic acids is 2. The maximum absolute atomic E-state index is 12.0. The normalized spacial score (nSPS) is 10.9. The minimum Gasteiger partial charge on any atom is -0.504 e. The van der Waals surface area contributed by atoms with Gasteiger partial charge in [0, 0.05) is 5.56 Å². The molecule has 114 valence electrons. The zero-order chi connectivity index (χ0) is 15.9. The van der Waals surface area contributed by atoms with E-state index in [1.54, 1.807) is 24.3 Å². The highest BCUT2D eigenvalue weighted by Gasteiger charge is 2.19. The summed E-state index contributed by atoms with van der Waals surface area (Å²) in [5.74, 6) is -0.481. The Labute approximate surface area is 124 Å². The summed E-state index contributed by atoms with van der Waals surface area (Å²) in [5.41, 5.74) is 5.34. The Morgan fingerprint density at radius 3 is 2.77 bits per heavy atom. The third-order valence-corrected chi connectivity index (χ3v) is 2.43. The number of ether oxygens (including phenoxy) is 2. The lowest BCUT2D eigenvalue weighted by Gasteiger charge is -2.11. The summed E-state index contributed by atoms with van der Waals surface area (Å²) in [6, 6.07) is 5.56. The predicted octanol–water partition coefficient (Wildman–Crippen LogP) is 1.04. The summed E-state index contributed by atoms with van der Waals surface area (Å²) < 4.78 is 15.0. The van der Waals surface area contributed by atoms with E-state index in [2.05, 4.69) is 10.1 Å². The SMILES string of the molecule is CO/C=C(/C(=O)NC(N)=O)c1ccccc1Oc1ncno1. The van der Waals surface area contributed by atoms with Gasteiger partial charge in [-0.15, -0.1) is 0 Å². The number of imide groups is 1. The molecule has 0 radical (unpaired) electrons. The summed E-state index contributed by atoms with van der Waals surface area (Å²) in [6.07, 6.45) is 2.23. The molecular formula is C13H12N4O5. The van der Waals surface area contributed by atoms with Crippen molar-refractivity contribution in [1.82, 2.24) is 15.5 Å². The van der Waals surface area contributed by atoms with Gasteiger partial charge in [-0.2, -0.15) is 4.98 Å². The average molecular weight is 304 g/mol. The van der Waals surface area contributed by atoms with Crippen LogP contribution in [0.2, 0.25) is 0 Å². The summed E-state index contributed by atoms with van der Waals surface area (Å²) in [4.78, 5) is 26.6. The van der Waals surface area contributed by atoms with Crippen LogP contribution in [0.4, 0.5) is 4.79 Å². The monoisotopic (exact) mass is 304 g/mol. The highest BCUT2D eigenvalue weighted by molar-refractivity contribution is 6.23. The molecule has 2 rings (SSSR count). The Morgan fingerprint density at radius 1 is 1.36 bits per heavy atom. The van der Waals surface area contributed by atoms with Crippen LogP contribution in [0.15, 0.2) is 41.4 Å². The molecule has 1 heterocycles. The molecule has 0 unspecified atom stereocenters. The molecule has 2 aromatic rings. The summed E-state index contributed by atoms with van der Waals surface area (Å²) in [6.45, 7) is 0. The number of urea groups is 1. The second-order valence-electron chi connectivity index (χ2n) is 3.89. The van der Waals surface area contributed by atoms with E-state index >= 15 is 0 Å². The fraction of sp³-hybridized carbons (Fsp3) is 0.0769. The molecule has 9 nitrogen and oxygen atoms in total. The Kier molecular flexibility index (Phi) is 4.70. The lowest BCUT2D eigenvalue weighted by Crippen LogP contribution is -2.35. The van der Waals surface area contributed by atoms with Gasteiger partial charge in [0.15, 0.2) is 6.33 Å². The van der Waals surface area contributed by atoms with Crippen molar-refractivity contribution in [2.24, 2.45) is 5.73 Å². The molecule has 9 heteroatoms. The van der Waals surface area contributed by atoms with Gasteiger partial charge in [0.1, 0.15) is 5.75 Å². The number of para-hydroxylation sites is 1. The van der Waals surface area contributed by atoms with Crippen LogP contribution in [0.3, 0.4) is 0 Å². The topological polar surface area (TPSA) is 130 Å². The van der Waals surface area contributed by atoms with Gasteiger partial charge in [0.25, 0.3) is 5.91 Å². The zero-order valence-electron chi connectivity index (χ0n) is 11.5. The Hall–Kier alpha value is -3.36. The van der Waals surface area contributed by atoms with Gasteiger partial charge < -0.3 is 15.2 Å². The predicted molar refractivity (Wildman–Crippen MR) is 73.5 cm³/mol. The molecule has 0 atom stereocenters. The minimum atomic E-state index is -0.984. The van der Waals surface area contributed by atoms with Crippen molar-refractivity contribution < 1.29 is 23.6 Å². The molecule has 1 aromatic heterocycles. The lowest BCUT2D eigenvalue weighted by molar-refractivity contribution is -0.114. The van der Waals surface area contributed by atoms with Crippen LogP contribution in [0.1, 0.15) is 5.56 Å². The minimum absolute atomic E-state index is 0.0383. The zero-order valence-corrected chi connectivity index (χ0v) is 11.5. The molecule has 0 aliphatic rings. The van der Waals surface area contributed by atoms with Gasteiger partial charge in [-0.1, -0.05) is 23.4 Å². The first kappa shape index (κ1) is 15.0. The van der Waals surface area contributed by atoms with E-state index in [1.165, 1.54) is 13.4 Å². The van der Waals surface area contributed by atoms with Gasteiger partial charge in [0.2, 0.25) is 0 Å². The van der Waals surface area contributed by atoms with Crippen LogP contribution >= 0.6 is 0 Å². The first-order valence-electron chi connectivity index (χ1n) is 5.99. The molecule has 22 heavy (non-hydrogen) atoms. The fourth-order valence-corrected chi connectivity index (χ4v) is 1.62. The lowest BCUT2D eigenvalue weighted by atomic mass is 10.1. The molecule has 3 N–H and O–H groups in total. The number of rotatable bonds is 5. The molecule has 0 aliphatic heterocycles. The van der Waals surface area contributed by atoms with Crippen LogP contribution < -0.4 is 15.8 Å². The molecule has 0 saturated heterocycles. The number of benzene rings is 1. The summed E-state index contributed by atoms with van der Waals surface area (Å²) in [7, 11) is 1.36. The number of methoxy groups -OCH3 is 1. The third kappa shape index (κ3) is 3.60. The third-order valence-electron chi connectivity index (χ3n) is 2.43. The molecule has 0 bridgehead atoms. The second-order valence-corrected chi connectivity index (χ2v) is 3.89. The molecule has 0 saturated carbocycles.